The number of benzene rings is 1. The number of aromatic nitrogens is 3. The molecule has 0 spiro atoms. The van der Waals surface area contributed by atoms with Crippen LogP contribution in [0, 0.1) is 6.92 Å². The van der Waals surface area contributed by atoms with Gasteiger partial charge in [-0.3, -0.25) is 0 Å². The quantitative estimate of drug-likeness (QED) is 0.728. The minimum absolute atomic E-state index is 0.284. The molecule has 1 atom stereocenters. The first-order valence-electron chi connectivity index (χ1n) is 6.71. The molecule has 0 unspecified atom stereocenters. The fourth-order valence-corrected chi connectivity index (χ4v) is 3.12. The number of rotatable bonds is 4. The van der Waals surface area contributed by atoms with Crippen molar-refractivity contribution in [3.63, 3.8) is 0 Å². The Labute approximate surface area is 123 Å². The summed E-state index contributed by atoms with van der Waals surface area (Å²) in [5, 5.41) is 3.22. The van der Waals surface area contributed by atoms with Crippen LogP contribution in [0.25, 0.3) is 0 Å². The summed E-state index contributed by atoms with van der Waals surface area (Å²) in [7, 11) is 0. The second kappa shape index (κ2) is 5.59. The van der Waals surface area contributed by atoms with Gasteiger partial charge in [-0.2, -0.15) is 0 Å². The van der Waals surface area contributed by atoms with Gasteiger partial charge in [0, 0.05) is 29.4 Å². The fourth-order valence-electron chi connectivity index (χ4n) is 2.35. The van der Waals surface area contributed by atoms with Crippen LogP contribution in [0.15, 0.2) is 48.1 Å². The van der Waals surface area contributed by atoms with Crippen LogP contribution in [0.5, 0.6) is 0 Å². The van der Waals surface area contributed by atoms with Gasteiger partial charge in [-0.15, -0.1) is 11.3 Å². The highest BCUT2D eigenvalue weighted by atomic mass is 32.1. The fraction of sp³-hybridized carbons (Fsp3) is 0.250. The van der Waals surface area contributed by atoms with Gasteiger partial charge in [-0.25, -0.2) is 9.97 Å². The smallest absolute Gasteiger partial charge is 0.116 e. The van der Waals surface area contributed by atoms with Crippen LogP contribution >= 0.6 is 11.3 Å². The van der Waals surface area contributed by atoms with Crippen molar-refractivity contribution in [3.8, 4) is 0 Å². The van der Waals surface area contributed by atoms with Gasteiger partial charge in [0.25, 0.3) is 0 Å². The zero-order valence-electron chi connectivity index (χ0n) is 11.7. The van der Waals surface area contributed by atoms with Gasteiger partial charge < -0.3 is 4.57 Å². The van der Waals surface area contributed by atoms with Crippen molar-refractivity contribution in [1.29, 1.82) is 0 Å². The molecule has 0 saturated heterocycles. The molecule has 0 bridgehead atoms. The summed E-state index contributed by atoms with van der Waals surface area (Å²) in [5.74, 6) is 1.37. The molecular weight excluding hydrogens is 266 g/mol. The van der Waals surface area contributed by atoms with Gasteiger partial charge in [0.1, 0.15) is 10.8 Å². The highest BCUT2D eigenvalue weighted by Crippen LogP contribution is 2.23. The number of aryl methyl sites for hydroxylation is 1. The van der Waals surface area contributed by atoms with E-state index in [1.54, 1.807) is 11.3 Å². The van der Waals surface area contributed by atoms with E-state index in [2.05, 4.69) is 51.1 Å². The zero-order valence-corrected chi connectivity index (χ0v) is 12.5. The molecule has 20 heavy (non-hydrogen) atoms. The molecule has 0 amide bonds. The normalized spacial score (nSPS) is 12.5. The molecule has 2 aromatic heterocycles. The van der Waals surface area contributed by atoms with Crippen LogP contribution in [0.3, 0.4) is 0 Å². The predicted molar refractivity (Wildman–Crippen MR) is 82.1 cm³/mol. The lowest BCUT2D eigenvalue weighted by Gasteiger charge is -2.13. The number of imidazole rings is 1. The van der Waals surface area contributed by atoms with Crippen molar-refractivity contribution in [2.45, 2.75) is 26.3 Å². The van der Waals surface area contributed by atoms with E-state index < -0.39 is 0 Å². The van der Waals surface area contributed by atoms with E-state index in [1.165, 1.54) is 5.56 Å². The number of nitrogens with zero attached hydrogens (tertiary/aromatic N) is 3. The monoisotopic (exact) mass is 283 g/mol. The van der Waals surface area contributed by atoms with E-state index in [-0.39, 0.29) is 5.92 Å². The molecular formula is C16H17N3S. The molecule has 3 rings (SSSR count). The lowest BCUT2D eigenvalue weighted by molar-refractivity contribution is 0.686. The van der Waals surface area contributed by atoms with Crippen molar-refractivity contribution in [1.82, 2.24) is 14.5 Å². The molecule has 0 aliphatic carbocycles. The van der Waals surface area contributed by atoms with Crippen molar-refractivity contribution in [2.24, 2.45) is 0 Å². The average Bonchev–Trinajstić information content (AvgIpc) is 3.09. The Hall–Kier alpha value is -1.94. The molecule has 4 heteroatoms. The SMILES string of the molecule is Cc1csc(Cn2ccnc2[C@H](C)c2ccccc2)n1. The van der Waals surface area contributed by atoms with Gasteiger partial charge in [0.05, 0.1) is 6.54 Å². The maximum absolute atomic E-state index is 4.54. The third-order valence-electron chi connectivity index (χ3n) is 3.41. The molecule has 2 heterocycles. The highest BCUT2D eigenvalue weighted by molar-refractivity contribution is 7.09. The molecule has 0 radical (unpaired) electrons. The average molecular weight is 283 g/mol. The van der Waals surface area contributed by atoms with Crippen molar-refractivity contribution < 1.29 is 0 Å². The Morgan fingerprint density at radius 1 is 1.25 bits per heavy atom. The molecule has 1 aromatic carbocycles. The molecule has 0 saturated carbocycles. The Bertz CT molecular complexity index is 685. The van der Waals surface area contributed by atoms with Crippen molar-refractivity contribution >= 4 is 11.3 Å². The van der Waals surface area contributed by atoms with Gasteiger partial charge in [0.2, 0.25) is 0 Å². The maximum Gasteiger partial charge on any atom is 0.116 e. The maximum atomic E-state index is 4.54. The van der Waals surface area contributed by atoms with Gasteiger partial charge in [-0.1, -0.05) is 37.3 Å². The number of hydrogen-bond donors (Lipinski definition) is 0. The summed E-state index contributed by atoms with van der Waals surface area (Å²) in [6, 6.07) is 10.5. The minimum Gasteiger partial charge on any atom is -0.328 e. The summed E-state index contributed by atoms with van der Waals surface area (Å²) < 4.78 is 2.19. The predicted octanol–water partition coefficient (Wildman–Crippen LogP) is 3.85. The van der Waals surface area contributed by atoms with Crippen molar-refractivity contribution in [2.75, 3.05) is 0 Å². The van der Waals surface area contributed by atoms with E-state index in [0.717, 1.165) is 23.1 Å². The largest absolute Gasteiger partial charge is 0.328 e. The Morgan fingerprint density at radius 3 is 2.75 bits per heavy atom. The van der Waals surface area contributed by atoms with Crippen LogP contribution in [0.2, 0.25) is 0 Å². The molecule has 0 fully saturated rings. The Kier molecular flexibility index (Phi) is 3.65. The topological polar surface area (TPSA) is 30.7 Å². The molecule has 0 aliphatic rings. The molecule has 0 aliphatic heterocycles. The third kappa shape index (κ3) is 2.65. The first kappa shape index (κ1) is 13.1. The van der Waals surface area contributed by atoms with Gasteiger partial charge in [-0.05, 0) is 12.5 Å². The Morgan fingerprint density at radius 2 is 2.05 bits per heavy atom. The van der Waals surface area contributed by atoms with Crippen molar-refractivity contribution in [3.05, 3.63) is 70.2 Å². The second-order valence-electron chi connectivity index (χ2n) is 4.93. The first-order chi connectivity index (χ1) is 9.74. The van der Waals surface area contributed by atoms with E-state index in [4.69, 9.17) is 0 Å². The first-order valence-corrected chi connectivity index (χ1v) is 7.59. The lowest BCUT2D eigenvalue weighted by atomic mass is 10.0. The Balaban J connectivity index is 1.86. The summed E-state index contributed by atoms with van der Waals surface area (Å²) in [4.78, 5) is 9.06. The molecule has 102 valence electrons. The third-order valence-corrected chi connectivity index (χ3v) is 4.36. The molecule has 3 aromatic rings. The number of thiazole rings is 1. The van der Waals surface area contributed by atoms with Crippen LogP contribution in [-0.2, 0) is 6.54 Å². The van der Waals surface area contributed by atoms with E-state index in [9.17, 15) is 0 Å². The summed E-state index contributed by atoms with van der Waals surface area (Å²) in [6.45, 7) is 5.02. The number of hydrogen-bond acceptors (Lipinski definition) is 3. The van der Waals surface area contributed by atoms with Gasteiger partial charge >= 0.3 is 0 Å². The van der Waals surface area contributed by atoms with Crippen LogP contribution in [-0.4, -0.2) is 14.5 Å². The second-order valence-corrected chi connectivity index (χ2v) is 5.87. The minimum atomic E-state index is 0.284. The summed E-state index contributed by atoms with van der Waals surface area (Å²) >= 11 is 1.70. The summed E-state index contributed by atoms with van der Waals surface area (Å²) in [5.41, 5.74) is 2.37. The molecule has 0 N–H and O–H groups in total. The molecule has 3 nitrogen and oxygen atoms in total. The van der Waals surface area contributed by atoms with Crippen LogP contribution in [0.1, 0.15) is 34.9 Å². The summed E-state index contributed by atoms with van der Waals surface area (Å²) in [6.07, 6.45) is 3.90. The zero-order chi connectivity index (χ0) is 13.9. The van der Waals surface area contributed by atoms with Gasteiger partial charge in [0.15, 0.2) is 0 Å². The lowest BCUT2D eigenvalue weighted by Crippen LogP contribution is -2.08. The van der Waals surface area contributed by atoms with Crippen LogP contribution in [0.4, 0.5) is 0 Å². The van der Waals surface area contributed by atoms with E-state index in [0.29, 0.717) is 0 Å². The highest BCUT2D eigenvalue weighted by Gasteiger charge is 2.14. The standard InChI is InChI=1S/C16H17N3S/c1-12-11-20-15(18-12)10-19-9-8-17-16(19)13(2)14-6-4-3-5-7-14/h3-9,11,13H,10H2,1-2H3/t13-/m1/s1. The van der Waals surface area contributed by atoms with E-state index in [1.807, 2.05) is 25.4 Å². The van der Waals surface area contributed by atoms with E-state index >= 15 is 0 Å². The van der Waals surface area contributed by atoms with Crippen LogP contribution < -0.4 is 0 Å².